The van der Waals surface area contributed by atoms with Crippen LogP contribution in [0.3, 0.4) is 0 Å². The number of aryl methyl sites for hydroxylation is 2. The van der Waals surface area contributed by atoms with Gasteiger partial charge in [-0.25, -0.2) is 0 Å². The zero-order valence-electron chi connectivity index (χ0n) is 9.29. The number of hydrogen-bond donors (Lipinski definition) is 1. The SMILES string of the molecule is Cc1ccc2c(c1)CCCC2N1CNC1. The predicted molar refractivity (Wildman–Crippen MR) is 61.6 cm³/mol. The molecule has 1 atom stereocenters. The van der Waals surface area contributed by atoms with Crippen molar-refractivity contribution in [3.05, 3.63) is 34.9 Å². The molecule has 1 aliphatic carbocycles. The summed E-state index contributed by atoms with van der Waals surface area (Å²) in [6.45, 7) is 4.32. The predicted octanol–water partition coefficient (Wildman–Crippen LogP) is 2.19. The van der Waals surface area contributed by atoms with Crippen molar-refractivity contribution >= 4 is 0 Å². The average molecular weight is 202 g/mol. The van der Waals surface area contributed by atoms with Crippen LogP contribution >= 0.6 is 0 Å². The third-order valence-electron chi connectivity index (χ3n) is 3.65. The summed E-state index contributed by atoms with van der Waals surface area (Å²) in [5.74, 6) is 0. The lowest BCUT2D eigenvalue weighted by molar-refractivity contribution is 0.0720. The first kappa shape index (κ1) is 9.37. The molecule has 15 heavy (non-hydrogen) atoms. The standard InChI is InChI=1S/C13H18N2/c1-10-5-6-12-11(7-10)3-2-4-13(12)15-8-14-9-15/h5-7,13-14H,2-4,8-9H2,1H3. The molecule has 2 heteroatoms. The van der Waals surface area contributed by atoms with Crippen LogP contribution in [0.2, 0.25) is 0 Å². The molecular weight excluding hydrogens is 184 g/mol. The van der Waals surface area contributed by atoms with Gasteiger partial charge in [-0.1, -0.05) is 23.8 Å². The van der Waals surface area contributed by atoms with Crippen molar-refractivity contribution < 1.29 is 0 Å². The molecule has 0 spiro atoms. The number of hydrogen-bond acceptors (Lipinski definition) is 2. The van der Waals surface area contributed by atoms with Crippen molar-refractivity contribution in [2.24, 2.45) is 0 Å². The van der Waals surface area contributed by atoms with Gasteiger partial charge in [0.15, 0.2) is 0 Å². The zero-order valence-corrected chi connectivity index (χ0v) is 9.29. The number of nitrogens with one attached hydrogen (secondary N) is 1. The summed E-state index contributed by atoms with van der Waals surface area (Å²) in [6.07, 6.45) is 3.95. The van der Waals surface area contributed by atoms with E-state index >= 15 is 0 Å². The molecule has 2 aliphatic rings. The molecule has 2 nitrogen and oxygen atoms in total. The molecule has 0 amide bonds. The van der Waals surface area contributed by atoms with Gasteiger partial charge in [0.2, 0.25) is 0 Å². The van der Waals surface area contributed by atoms with Crippen molar-refractivity contribution in [1.82, 2.24) is 10.2 Å². The Hall–Kier alpha value is -0.860. The first-order valence-electron chi connectivity index (χ1n) is 5.89. The van der Waals surface area contributed by atoms with E-state index in [1.165, 1.54) is 24.8 Å². The fraction of sp³-hybridized carbons (Fsp3) is 0.538. The molecule has 1 saturated heterocycles. The first-order valence-corrected chi connectivity index (χ1v) is 5.89. The zero-order chi connectivity index (χ0) is 10.3. The van der Waals surface area contributed by atoms with Crippen molar-refractivity contribution in [3.8, 4) is 0 Å². The third-order valence-corrected chi connectivity index (χ3v) is 3.65. The van der Waals surface area contributed by atoms with Crippen LogP contribution in [0.1, 0.15) is 35.6 Å². The second kappa shape index (κ2) is 3.62. The normalized spacial score (nSPS) is 25.8. The Morgan fingerprint density at radius 2 is 2.20 bits per heavy atom. The molecule has 0 aromatic heterocycles. The monoisotopic (exact) mass is 202 g/mol. The highest BCUT2D eigenvalue weighted by Gasteiger charge is 2.28. The summed E-state index contributed by atoms with van der Waals surface area (Å²) in [4.78, 5) is 2.54. The molecule has 80 valence electrons. The molecular formula is C13H18N2. The van der Waals surface area contributed by atoms with Gasteiger partial charge in [0, 0.05) is 6.04 Å². The largest absolute Gasteiger partial charge is 0.291 e. The number of fused-ring (bicyclic) bond motifs is 1. The maximum absolute atomic E-state index is 3.33. The van der Waals surface area contributed by atoms with Gasteiger partial charge >= 0.3 is 0 Å². The molecule has 0 saturated carbocycles. The summed E-state index contributed by atoms with van der Waals surface area (Å²) in [5, 5.41) is 3.33. The van der Waals surface area contributed by atoms with E-state index < -0.39 is 0 Å². The average Bonchev–Trinajstić information content (AvgIpc) is 2.15. The fourth-order valence-corrected chi connectivity index (χ4v) is 2.76. The molecule has 1 aliphatic heterocycles. The van der Waals surface area contributed by atoms with E-state index in [4.69, 9.17) is 0 Å². The van der Waals surface area contributed by atoms with Crippen LogP contribution in [0.4, 0.5) is 0 Å². The van der Waals surface area contributed by atoms with E-state index in [1.54, 1.807) is 11.1 Å². The lowest BCUT2D eigenvalue weighted by Crippen LogP contribution is -2.53. The van der Waals surface area contributed by atoms with Crippen LogP contribution in [0.15, 0.2) is 18.2 Å². The summed E-state index contributed by atoms with van der Waals surface area (Å²) >= 11 is 0. The van der Waals surface area contributed by atoms with Gasteiger partial charge < -0.3 is 0 Å². The minimum atomic E-state index is 0.676. The second-order valence-corrected chi connectivity index (χ2v) is 4.77. The Balaban J connectivity index is 1.95. The Labute approximate surface area is 91.3 Å². The number of benzene rings is 1. The first-order chi connectivity index (χ1) is 7.34. The van der Waals surface area contributed by atoms with E-state index in [2.05, 4.69) is 35.3 Å². The van der Waals surface area contributed by atoms with Crippen LogP contribution in [0.5, 0.6) is 0 Å². The molecule has 1 N–H and O–H groups in total. The molecule has 1 aromatic rings. The Bertz CT molecular complexity index is 369. The van der Waals surface area contributed by atoms with E-state index in [9.17, 15) is 0 Å². The van der Waals surface area contributed by atoms with Gasteiger partial charge in [0.05, 0.1) is 13.3 Å². The van der Waals surface area contributed by atoms with Gasteiger partial charge in [-0.05, 0) is 37.3 Å². The van der Waals surface area contributed by atoms with Crippen molar-refractivity contribution in [1.29, 1.82) is 0 Å². The van der Waals surface area contributed by atoms with Gasteiger partial charge in [-0.2, -0.15) is 0 Å². The minimum Gasteiger partial charge on any atom is -0.291 e. The van der Waals surface area contributed by atoms with Crippen LogP contribution in [-0.4, -0.2) is 18.2 Å². The van der Waals surface area contributed by atoms with Crippen molar-refractivity contribution in [2.75, 3.05) is 13.3 Å². The summed E-state index contributed by atoms with van der Waals surface area (Å²) in [5.41, 5.74) is 4.56. The van der Waals surface area contributed by atoms with Crippen LogP contribution in [0.25, 0.3) is 0 Å². The lowest BCUT2D eigenvalue weighted by atomic mass is 9.86. The highest BCUT2D eigenvalue weighted by Crippen LogP contribution is 2.35. The quantitative estimate of drug-likeness (QED) is 0.751. The van der Waals surface area contributed by atoms with Gasteiger partial charge in [0.1, 0.15) is 0 Å². The van der Waals surface area contributed by atoms with Gasteiger partial charge in [-0.3, -0.25) is 10.2 Å². The topological polar surface area (TPSA) is 15.3 Å². The third kappa shape index (κ3) is 1.58. The van der Waals surface area contributed by atoms with E-state index in [1.807, 2.05) is 0 Å². The van der Waals surface area contributed by atoms with Crippen LogP contribution in [-0.2, 0) is 6.42 Å². The Kier molecular flexibility index (Phi) is 2.26. The number of rotatable bonds is 1. The molecule has 0 bridgehead atoms. The highest BCUT2D eigenvalue weighted by molar-refractivity contribution is 5.35. The maximum Gasteiger partial charge on any atom is 0.0508 e. The van der Waals surface area contributed by atoms with Crippen LogP contribution in [0, 0.1) is 6.92 Å². The molecule has 1 unspecified atom stereocenters. The summed E-state index contributed by atoms with van der Waals surface area (Å²) in [7, 11) is 0. The smallest absolute Gasteiger partial charge is 0.0508 e. The second-order valence-electron chi connectivity index (χ2n) is 4.77. The molecule has 1 heterocycles. The molecule has 3 rings (SSSR count). The minimum absolute atomic E-state index is 0.676. The Morgan fingerprint density at radius 3 is 2.93 bits per heavy atom. The summed E-state index contributed by atoms with van der Waals surface area (Å²) < 4.78 is 0. The molecule has 1 fully saturated rings. The fourth-order valence-electron chi connectivity index (χ4n) is 2.76. The highest BCUT2D eigenvalue weighted by atomic mass is 15.4. The van der Waals surface area contributed by atoms with Gasteiger partial charge in [-0.15, -0.1) is 0 Å². The summed E-state index contributed by atoms with van der Waals surface area (Å²) in [6, 6.07) is 7.64. The van der Waals surface area contributed by atoms with E-state index in [0.29, 0.717) is 6.04 Å². The van der Waals surface area contributed by atoms with Crippen LogP contribution < -0.4 is 5.32 Å². The molecule has 0 radical (unpaired) electrons. The number of nitrogens with zero attached hydrogens (tertiary/aromatic N) is 1. The molecule has 1 aromatic carbocycles. The van der Waals surface area contributed by atoms with Crippen molar-refractivity contribution in [2.45, 2.75) is 32.2 Å². The maximum atomic E-state index is 3.33. The van der Waals surface area contributed by atoms with E-state index in [-0.39, 0.29) is 0 Å². The Morgan fingerprint density at radius 1 is 1.33 bits per heavy atom. The van der Waals surface area contributed by atoms with Gasteiger partial charge in [0.25, 0.3) is 0 Å². The lowest BCUT2D eigenvalue weighted by Gasteiger charge is -2.42. The van der Waals surface area contributed by atoms with Crippen molar-refractivity contribution in [3.63, 3.8) is 0 Å². The van der Waals surface area contributed by atoms with E-state index in [0.717, 1.165) is 13.3 Å².